The van der Waals surface area contributed by atoms with Crippen LogP contribution in [0.2, 0.25) is 0 Å². The van der Waals surface area contributed by atoms with Gasteiger partial charge < -0.3 is 20.9 Å². The SMILES string of the molecule is CC1CC(C)N(CN(C)CCN(C)CN2[N-]C(C)CC2C)[N-]1.[Br][Ni][Br]. The third kappa shape index (κ3) is 9.30. The quantitative estimate of drug-likeness (QED) is 0.469. The second-order valence-electron chi connectivity index (χ2n) is 7.46. The first-order valence-corrected chi connectivity index (χ1v) is 13.8. The first-order chi connectivity index (χ1) is 11.8. The van der Waals surface area contributed by atoms with Crippen molar-refractivity contribution in [3.05, 3.63) is 10.9 Å². The zero-order valence-electron chi connectivity index (χ0n) is 16.3. The first-order valence-electron chi connectivity index (χ1n) is 8.91. The molecule has 0 spiro atoms. The molecule has 2 fully saturated rings. The Morgan fingerprint density at radius 3 is 1.40 bits per heavy atom. The standard InChI is InChI=1S/C16H34N6.2BrH.Ni/c1-13-9-15(3)21(17-13)11-19(5)7-8-20(6)12-22-16(4)10-14(2)18-22;;;/h13-16H,7-12H2,1-6H3;2*1H;/q-2;;;+2/p-2. The van der Waals surface area contributed by atoms with Crippen LogP contribution in [0.25, 0.3) is 10.9 Å². The van der Waals surface area contributed by atoms with Gasteiger partial charge in [-0.15, -0.1) is 12.1 Å². The fourth-order valence-corrected chi connectivity index (χ4v) is 3.39. The zero-order chi connectivity index (χ0) is 19.0. The van der Waals surface area contributed by atoms with E-state index in [-0.39, 0.29) is 0 Å². The Morgan fingerprint density at radius 1 is 0.840 bits per heavy atom. The Bertz CT molecular complexity index is 336. The average Bonchev–Trinajstić information content (AvgIpc) is 2.99. The third-order valence-electron chi connectivity index (χ3n) is 4.71. The predicted octanol–water partition coefficient (Wildman–Crippen LogP) is 4.00. The molecule has 2 saturated heterocycles. The van der Waals surface area contributed by atoms with E-state index < -0.39 is 0 Å². The Morgan fingerprint density at radius 2 is 1.16 bits per heavy atom. The molecule has 2 heterocycles. The van der Waals surface area contributed by atoms with Gasteiger partial charge in [-0.3, -0.25) is 9.80 Å². The molecule has 0 amide bonds. The van der Waals surface area contributed by atoms with E-state index in [1.54, 1.807) is 0 Å². The molecule has 0 aromatic carbocycles. The fraction of sp³-hybridized carbons (Fsp3) is 1.00. The summed E-state index contributed by atoms with van der Waals surface area (Å²) in [5.41, 5.74) is 9.39. The van der Waals surface area contributed by atoms with Crippen molar-refractivity contribution in [2.75, 3.05) is 40.5 Å². The van der Waals surface area contributed by atoms with E-state index in [0.717, 1.165) is 26.4 Å². The molecule has 154 valence electrons. The van der Waals surface area contributed by atoms with E-state index in [4.69, 9.17) is 10.9 Å². The van der Waals surface area contributed by atoms with Crippen LogP contribution in [0.4, 0.5) is 0 Å². The fourth-order valence-electron chi connectivity index (χ4n) is 3.39. The van der Waals surface area contributed by atoms with Crippen molar-refractivity contribution in [1.82, 2.24) is 19.8 Å². The van der Waals surface area contributed by atoms with Crippen LogP contribution in [0.3, 0.4) is 0 Å². The molecule has 9 heteroatoms. The summed E-state index contributed by atoms with van der Waals surface area (Å²) >= 11 is 6.00. The van der Waals surface area contributed by atoms with Crippen molar-refractivity contribution in [3.8, 4) is 0 Å². The first kappa shape index (κ1) is 24.3. The van der Waals surface area contributed by atoms with Crippen molar-refractivity contribution in [2.45, 2.75) is 64.7 Å². The van der Waals surface area contributed by atoms with Crippen LogP contribution in [0.15, 0.2) is 0 Å². The van der Waals surface area contributed by atoms with Gasteiger partial charge in [-0.25, -0.2) is 0 Å². The van der Waals surface area contributed by atoms with Crippen molar-refractivity contribution < 1.29 is 10.9 Å². The predicted molar refractivity (Wildman–Crippen MR) is 110 cm³/mol. The Labute approximate surface area is 174 Å². The Balaban J connectivity index is 0.000000970. The van der Waals surface area contributed by atoms with Crippen LogP contribution in [0.1, 0.15) is 40.5 Å². The normalized spacial score (nSPS) is 31.1. The molecule has 2 rings (SSSR count). The molecule has 2 aliphatic heterocycles. The molecule has 25 heavy (non-hydrogen) atoms. The summed E-state index contributed by atoms with van der Waals surface area (Å²) in [6.07, 6.45) is 2.36. The molecular formula is C16H34Br2N6Ni-2. The topological polar surface area (TPSA) is 41.2 Å². The van der Waals surface area contributed by atoms with E-state index in [0.29, 0.717) is 24.2 Å². The van der Waals surface area contributed by atoms with Crippen molar-refractivity contribution >= 4 is 28.5 Å². The molecule has 0 aliphatic carbocycles. The van der Waals surface area contributed by atoms with E-state index in [1.165, 1.54) is 23.7 Å². The van der Waals surface area contributed by atoms with Gasteiger partial charge in [-0.1, -0.05) is 40.5 Å². The van der Waals surface area contributed by atoms with Crippen LogP contribution in [-0.4, -0.2) is 84.5 Å². The second-order valence-corrected chi connectivity index (χ2v) is 12.4. The number of likely N-dealkylation sites (N-methyl/N-ethyl adjacent to an activating group) is 2. The number of halogens is 2. The van der Waals surface area contributed by atoms with Gasteiger partial charge in [0.1, 0.15) is 0 Å². The summed E-state index contributed by atoms with van der Waals surface area (Å²) in [7, 11) is 5.62. The molecule has 4 unspecified atom stereocenters. The van der Waals surface area contributed by atoms with Crippen molar-refractivity contribution in [1.29, 1.82) is 0 Å². The summed E-state index contributed by atoms with van der Waals surface area (Å²) in [5.74, 6) is 0. The van der Waals surface area contributed by atoms with Gasteiger partial charge in [0.15, 0.2) is 0 Å². The summed E-state index contributed by atoms with van der Waals surface area (Å²) in [4.78, 5) is 4.73. The maximum atomic E-state index is 4.69. The molecule has 2 aliphatic rings. The van der Waals surface area contributed by atoms with E-state index in [1.807, 2.05) is 0 Å². The minimum absolute atomic E-state index is 0.478. The number of rotatable bonds is 7. The van der Waals surface area contributed by atoms with Crippen LogP contribution < -0.4 is 0 Å². The van der Waals surface area contributed by atoms with Gasteiger partial charge in [0, 0.05) is 26.4 Å². The third-order valence-corrected chi connectivity index (χ3v) is 4.71. The number of hydrogen-bond donors (Lipinski definition) is 0. The minimum atomic E-state index is 0.478. The molecule has 0 N–H and O–H groups in total. The maximum absolute atomic E-state index is 4.69. The van der Waals surface area contributed by atoms with Gasteiger partial charge in [0.05, 0.1) is 0 Å². The number of hydrogen-bond acceptors (Lipinski definition) is 4. The van der Waals surface area contributed by atoms with Crippen molar-refractivity contribution in [3.63, 3.8) is 0 Å². The Kier molecular flexibility index (Phi) is 12.3. The van der Waals surface area contributed by atoms with Crippen LogP contribution in [0.5, 0.6) is 0 Å². The van der Waals surface area contributed by atoms with Crippen LogP contribution in [0, 0.1) is 0 Å². The van der Waals surface area contributed by atoms with Crippen molar-refractivity contribution in [2.24, 2.45) is 0 Å². The average molecular weight is 529 g/mol. The summed E-state index contributed by atoms with van der Waals surface area (Å²) < 4.78 is 0. The van der Waals surface area contributed by atoms with Gasteiger partial charge in [0.25, 0.3) is 0 Å². The van der Waals surface area contributed by atoms with Gasteiger partial charge in [0.2, 0.25) is 0 Å². The Hall–Kier alpha value is 1.21. The van der Waals surface area contributed by atoms with E-state index >= 15 is 0 Å². The molecular weight excluding hydrogens is 495 g/mol. The van der Waals surface area contributed by atoms with Crippen LogP contribution in [-0.2, 0) is 10.9 Å². The molecule has 0 radical (unpaired) electrons. The molecule has 0 saturated carbocycles. The zero-order valence-corrected chi connectivity index (χ0v) is 20.5. The molecule has 6 nitrogen and oxygen atoms in total. The molecule has 0 aromatic heterocycles. The monoisotopic (exact) mass is 526 g/mol. The van der Waals surface area contributed by atoms with Gasteiger partial charge in [-0.2, -0.15) is 0 Å². The second kappa shape index (κ2) is 12.6. The summed E-state index contributed by atoms with van der Waals surface area (Å²) in [6, 6.07) is 2.10. The van der Waals surface area contributed by atoms with Gasteiger partial charge in [-0.05, 0) is 26.2 Å². The van der Waals surface area contributed by atoms with E-state index in [2.05, 4.69) is 90.1 Å². The number of nitrogens with zero attached hydrogens (tertiary/aromatic N) is 6. The molecule has 0 aromatic rings. The molecule has 4 atom stereocenters. The molecule has 0 bridgehead atoms. The summed E-state index contributed by atoms with van der Waals surface area (Å²) in [5, 5.41) is 4.48. The van der Waals surface area contributed by atoms with Crippen LogP contribution >= 0.6 is 28.5 Å². The van der Waals surface area contributed by atoms with E-state index in [9.17, 15) is 0 Å². The summed E-state index contributed by atoms with van der Waals surface area (Å²) in [6.45, 7) is 12.9. The van der Waals surface area contributed by atoms with Gasteiger partial charge >= 0.3 is 39.3 Å².